The molecule has 0 unspecified atom stereocenters. The van der Waals surface area contributed by atoms with Gasteiger partial charge in [0.05, 0.1) is 0 Å². The van der Waals surface area contributed by atoms with Crippen molar-refractivity contribution in [2.45, 2.75) is 33.2 Å². The van der Waals surface area contributed by atoms with Gasteiger partial charge in [-0.05, 0) is 80.4 Å². The zero-order valence-corrected chi connectivity index (χ0v) is 15.4. The molecule has 1 aliphatic rings. The van der Waals surface area contributed by atoms with Crippen LogP contribution in [0.25, 0.3) is 0 Å². The maximum atomic E-state index is 12.3. The number of hydrogen-bond donors (Lipinski definition) is 1. The number of nitrogens with one attached hydrogen (secondary N) is 1. The van der Waals surface area contributed by atoms with Gasteiger partial charge in [-0.15, -0.1) is 11.3 Å². The Morgan fingerprint density at radius 2 is 2.00 bits per heavy atom. The highest BCUT2D eigenvalue weighted by Crippen LogP contribution is 2.20. The fourth-order valence-electron chi connectivity index (χ4n) is 3.19. The van der Waals surface area contributed by atoms with Crippen molar-refractivity contribution < 1.29 is 4.79 Å². The second-order valence-corrected chi connectivity index (χ2v) is 7.84. The molecule has 1 fully saturated rings. The highest BCUT2D eigenvalue weighted by Gasteiger charge is 2.20. The van der Waals surface area contributed by atoms with E-state index in [-0.39, 0.29) is 5.91 Å². The maximum absolute atomic E-state index is 12.3. The van der Waals surface area contributed by atoms with Crippen LogP contribution in [0.3, 0.4) is 0 Å². The summed E-state index contributed by atoms with van der Waals surface area (Å²) >= 11 is 1.83. The number of aryl methyl sites for hydroxylation is 2. The van der Waals surface area contributed by atoms with Crippen LogP contribution in [0.4, 0.5) is 0 Å². The average Bonchev–Trinajstić information content (AvgIpc) is 3.09. The zero-order chi connectivity index (χ0) is 16.9. The van der Waals surface area contributed by atoms with Crippen LogP contribution in [0.2, 0.25) is 0 Å². The van der Waals surface area contributed by atoms with Gasteiger partial charge in [0.15, 0.2) is 0 Å². The van der Waals surface area contributed by atoms with Crippen molar-refractivity contribution in [3.63, 3.8) is 0 Å². The van der Waals surface area contributed by atoms with E-state index in [2.05, 4.69) is 41.6 Å². The molecular formula is C20H26N2OS. The van der Waals surface area contributed by atoms with Crippen LogP contribution in [0.1, 0.15) is 39.2 Å². The molecule has 0 aliphatic carbocycles. The van der Waals surface area contributed by atoms with Gasteiger partial charge in [-0.3, -0.25) is 9.69 Å². The Balaban J connectivity index is 1.43. The topological polar surface area (TPSA) is 32.3 Å². The average molecular weight is 343 g/mol. The molecule has 24 heavy (non-hydrogen) atoms. The van der Waals surface area contributed by atoms with Crippen molar-refractivity contribution in [3.05, 3.63) is 57.3 Å². The van der Waals surface area contributed by atoms with Gasteiger partial charge >= 0.3 is 0 Å². The fraction of sp³-hybridized carbons (Fsp3) is 0.450. The van der Waals surface area contributed by atoms with E-state index < -0.39 is 0 Å². The second kappa shape index (κ2) is 7.95. The van der Waals surface area contributed by atoms with Crippen molar-refractivity contribution >= 4 is 17.2 Å². The molecule has 0 saturated carbocycles. The Kier molecular flexibility index (Phi) is 5.69. The number of carbonyl (C=O) groups excluding carboxylic acids is 1. The molecule has 2 heterocycles. The number of piperidine rings is 1. The van der Waals surface area contributed by atoms with Gasteiger partial charge in [-0.1, -0.05) is 12.1 Å². The largest absolute Gasteiger partial charge is 0.352 e. The molecule has 1 saturated heterocycles. The molecule has 1 aromatic heterocycles. The first-order chi connectivity index (χ1) is 11.6. The van der Waals surface area contributed by atoms with Gasteiger partial charge in [-0.25, -0.2) is 0 Å². The Morgan fingerprint density at radius 3 is 2.67 bits per heavy atom. The van der Waals surface area contributed by atoms with Gasteiger partial charge in [0.1, 0.15) is 0 Å². The lowest BCUT2D eigenvalue weighted by Crippen LogP contribution is -2.38. The van der Waals surface area contributed by atoms with E-state index in [0.29, 0.717) is 5.92 Å². The van der Waals surface area contributed by atoms with Gasteiger partial charge in [0.2, 0.25) is 0 Å². The predicted octanol–water partition coefficient (Wildman–Crippen LogP) is 4.01. The Labute approximate surface area is 148 Å². The van der Waals surface area contributed by atoms with Crippen LogP contribution in [0.15, 0.2) is 35.7 Å². The lowest BCUT2D eigenvalue weighted by atomic mass is 9.96. The summed E-state index contributed by atoms with van der Waals surface area (Å²) < 4.78 is 0. The summed E-state index contributed by atoms with van der Waals surface area (Å²) in [6.07, 6.45) is 2.33. The van der Waals surface area contributed by atoms with Gasteiger partial charge in [-0.2, -0.15) is 0 Å². The van der Waals surface area contributed by atoms with Crippen molar-refractivity contribution in [3.8, 4) is 0 Å². The highest BCUT2D eigenvalue weighted by molar-refractivity contribution is 7.09. The summed E-state index contributed by atoms with van der Waals surface area (Å²) in [5, 5.41) is 5.26. The molecular weight excluding hydrogens is 316 g/mol. The van der Waals surface area contributed by atoms with E-state index in [9.17, 15) is 4.79 Å². The normalized spacial score (nSPS) is 16.2. The third kappa shape index (κ3) is 4.46. The Hall–Kier alpha value is -1.65. The first-order valence-electron chi connectivity index (χ1n) is 8.72. The number of carbonyl (C=O) groups is 1. The molecule has 0 bridgehead atoms. The highest BCUT2D eigenvalue weighted by atomic mass is 32.1. The third-order valence-corrected chi connectivity index (χ3v) is 5.85. The van der Waals surface area contributed by atoms with E-state index in [4.69, 9.17) is 0 Å². The fourth-order valence-corrected chi connectivity index (χ4v) is 3.94. The van der Waals surface area contributed by atoms with Crippen LogP contribution in [0, 0.1) is 19.8 Å². The molecule has 1 amide bonds. The molecule has 3 rings (SSSR count). The summed E-state index contributed by atoms with van der Waals surface area (Å²) in [6.45, 7) is 8.23. The summed E-state index contributed by atoms with van der Waals surface area (Å²) in [4.78, 5) is 16.3. The minimum absolute atomic E-state index is 0.0547. The third-order valence-electron chi connectivity index (χ3n) is 4.99. The van der Waals surface area contributed by atoms with Crippen molar-refractivity contribution in [1.29, 1.82) is 0 Å². The van der Waals surface area contributed by atoms with E-state index in [1.165, 1.54) is 28.8 Å². The minimum atomic E-state index is 0.0547. The molecule has 0 spiro atoms. The van der Waals surface area contributed by atoms with E-state index in [1.54, 1.807) is 0 Å². The molecule has 128 valence electrons. The monoisotopic (exact) mass is 342 g/mol. The molecule has 1 aliphatic heterocycles. The number of amides is 1. The van der Waals surface area contributed by atoms with E-state index >= 15 is 0 Å². The van der Waals surface area contributed by atoms with Crippen LogP contribution >= 0.6 is 11.3 Å². The van der Waals surface area contributed by atoms with E-state index in [0.717, 1.165) is 31.7 Å². The number of likely N-dealkylation sites (tertiary alicyclic amines) is 1. The summed E-state index contributed by atoms with van der Waals surface area (Å²) in [7, 11) is 0. The smallest absolute Gasteiger partial charge is 0.251 e. The zero-order valence-electron chi connectivity index (χ0n) is 14.5. The number of rotatable bonds is 5. The van der Waals surface area contributed by atoms with Gasteiger partial charge < -0.3 is 5.32 Å². The molecule has 1 N–H and O–H groups in total. The van der Waals surface area contributed by atoms with Gasteiger partial charge in [0, 0.05) is 23.5 Å². The molecule has 0 atom stereocenters. The van der Waals surface area contributed by atoms with Crippen LogP contribution in [0.5, 0.6) is 0 Å². The summed E-state index contributed by atoms with van der Waals surface area (Å²) in [6, 6.07) is 10.2. The molecule has 3 nitrogen and oxygen atoms in total. The molecule has 0 radical (unpaired) electrons. The SMILES string of the molecule is Cc1ccc(C(=O)NCC2CCN(Cc3cccs3)CC2)cc1C. The van der Waals surface area contributed by atoms with Crippen molar-refractivity contribution in [2.24, 2.45) is 5.92 Å². The first kappa shape index (κ1) is 17.2. The van der Waals surface area contributed by atoms with Crippen LogP contribution in [-0.4, -0.2) is 30.4 Å². The Bertz CT molecular complexity index is 673. The standard InChI is InChI=1S/C20H26N2OS/c1-15-5-6-18(12-16(15)2)20(23)21-13-17-7-9-22(10-8-17)14-19-4-3-11-24-19/h3-6,11-12,17H,7-10,13-14H2,1-2H3,(H,21,23). The van der Waals surface area contributed by atoms with Crippen molar-refractivity contribution in [1.82, 2.24) is 10.2 Å². The quantitative estimate of drug-likeness (QED) is 0.890. The lowest BCUT2D eigenvalue weighted by Gasteiger charge is -2.31. The number of hydrogen-bond acceptors (Lipinski definition) is 3. The maximum Gasteiger partial charge on any atom is 0.251 e. The summed E-state index contributed by atoms with van der Waals surface area (Å²) in [5.41, 5.74) is 3.17. The van der Waals surface area contributed by atoms with Crippen LogP contribution in [-0.2, 0) is 6.54 Å². The summed E-state index contributed by atoms with van der Waals surface area (Å²) in [5.74, 6) is 0.652. The molecule has 1 aromatic carbocycles. The lowest BCUT2D eigenvalue weighted by molar-refractivity contribution is 0.0935. The molecule has 2 aromatic rings. The second-order valence-electron chi connectivity index (χ2n) is 6.81. The number of benzene rings is 1. The predicted molar refractivity (Wildman–Crippen MR) is 101 cm³/mol. The first-order valence-corrected chi connectivity index (χ1v) is 9.60. The van der Waals surface area contributed by atoms with Gasteiger partial charge in [0.25, 0.3) is 5.91 Å². The minimum Gasteiger partial charge on any atom is -0.352 e. The van der Waals surface area contributed by atoms with E-state index in [1.807, 2.05) is 29.5 Å². The number of nitrogens with zero attached hydrogens (tertiary/aromatic N) is 1. The molecule has 4 heteroatoms. The van der Waals surface area contributed by atoms with Crippen molar-refractivity contribution in [2.75, 3.05) is 19.6 Å². The van der Waals surface area contributed by atoms with Crippen LogP contribution < -0.4 is 5.32 Å². The number of thiophene rings is 1. The Morgan fingerprint density at radius 1 is 1.21 bits per heavy atom.